The molecule has 1 aromatic carbocycles. The SMILES string of the molecule is O=C(Nc1cc(N2CCCC2=O)ccc1Cl)N1CCN(S(=O)(=O)N2CCOCC2)CC1. The van der Waals surface area contributed by atoms with Crippen LogP contribution in [0.15, 0.2) is 18.2 Å². The zero-order chi connectivity index (χ0) is 22.0. The number of benzene rings is 1. The highest BCUT2D eigenvalue weighted by Gasteiger charge is 2.34. The molecule has 3 saturated heterocycles. The van der Waals surface area contributed by atoms with Crippen molar-refractivity contribution in [1.82, 2.24) is 13.5 Å². The predicted octanol–water partition coefficient (Wildman–Crippen LogP) is 1.19. The summed E-state index contributed by atoms with van der Waals surface area (Å²) >= 11 is 6.25. The largest absolute Gasteiger partial charge is 0.379 e. The molecule has 0 saturated carbocycles. The Labute approximate surface area is 186 Å². The van der Waals surface area contributed by atoms with E-state index in [-0.39, 0.29) is 38.1 Å². The maximum atomic E-state index is 12.8. The van der Waals surface area contributed by atoms with Crippen molar-refractivity contribution in [3.8, 4) is 0 Å². The normalized spacial score (nSPS) is 21.5. The molecule has 0 spiro atoms. The number of carbonyl (C=O) groups excluding carboxylic acids is 2. The lowest BCUT2D eigenvalue weighted by Crippen LogP contribution is -2.56. The fourth-order valence-electron chi connectivity index (χ4n) is 3.95. The monoisotopic (exact) mass is 471 g/mol. The van der Waals surface area contributed by atoms with Crippen molar-refractivity contribution in [3.05, 3.63) is 23.2 Å². The van der Waals surface area contributed by atoms with Gasteiger partial charge in [-0.3, -0.25) is 4.79 Å². The van der Waals surface area contributed by atoms with Crippen LogP contribution in [0.5, 0.6) is 0 Å². The van der Waals surface area contributed by atoms with E-state index in [9.17, 15) is 18.0 Å². The van der Waals surface area contributed by atoms with Gasteiger partial charge in [0.1, 0.15) is 0 Å². The number of ether oxygens (including phenoxy) is 1. The lowest BCUT2D eigenvalue weighted by Gasteiger charge is -2.37. The highest BCUT2D eigenvalue weighted by atomic mass is 35.5. The molecule has 31 heavy (non-hydrogen) atoms. The van der Waals surface area contributed by atoms with Gasteiger partial charge in [-0.2, -0.15) is 17.0 Å². The van der Waals surface area contributed by atoms with Gasteiger partial charge in [0.15, 0.2) is 0 Å². The summed E-state index contributed by atoms with van der Waals surface area (Å²) in [6.45, 7) is 3.12. The zero-order valence-electron chi connectivity index (χ0n) is 17.1. The number of hydrogen-bond donors (Lipinski definition) is 1. The van der Waals surface area contributed by atoms with E-state index < -0.39 is 10.2 Å². The van der Waals surface area contributed by atoms with Gasteiger partial charge in [0.25, 0.3) is 10.2 Å². The van der Waals surface area contributed by atoms with E-state index in [0.29, 0.717) is 55.7 Å². The van der Waals surface area contributed by atoms with Crippen molar-refractivity contribution in [1.29, 1.82) is 0 Å². The van der Waals surface area contributed by atoms with Crippen LogP contribution < -0.4 is 10.2 Å². The first kappa shape index (κ1) is 22.3. The molecular weight excluding hydrogens is 446 g/mol. The standard InChI is InChI=1S/C19H26ClN5O5S/c20-16-4-3-15(25-5-1-2-18(25)26)14-17(16)21-19(27)22-6-8-23(9-7-22)31(28,29)24-10-12-30-13-11-24/h3-4,14H,1-2,5-13H2,(H,21,27). The Balaban J connectivity index is 1.36. The molecule has 3 amide bonds. The molecule has 3 aliphatic heterocycles. The first-order valence-electron chi connectivity index (χ1n) is 10.3. The van der Waals surface area contributed by atoms with Crippen LogP contribution in [0.1, 0.15) is 12.8 Å². The lowest BCUT2D eigenvalue weighted by atomic mass is 10.2. The van der Waals surface area contributed by atoms with E-state index in [2.05, 4.69) is 5.32 Å². The molecule has 0 aromatic heterocycles. The van der Waals surface area contributed by atoms with Gasteiger partial charge in [-0.15, -0.1) is 0 Å². The molecule has 4 rings (SSSR count). The molecule has 0 radical (unpaired) electrons. The average Bonchev–Trinajstić information content (AvgIpc) is 3.22. The van der Waals surface area contributed by atoms with Gasteiger partial charge in [0, 0.05) is 57.9 Å². The molecular formula is C19H26ClN5O5S. The van der Waals surface area contributed by atoms with Gasteiger partial charge in [-0.25, -0.2) is 4.79 Å². The second kappa shape index (κ2) is 9.29. The van der Waals surface area contributed by atoms with Crippen molar-refractivity contribution in [3.63, 3.8) is 0 Å². The average molecular weight is 472 g/mol. The Hall–Kier alpha value is -1.92. The van der Waals surface area contributed by atoms with Gasteiger partial charge >= 0.3 is 6.03 Å². The summed E-state index contributed by atoms with van der Waals surface area (Å²) in [6, 6.07) is 4.76. The maximum absolute atomic E-state index is 12.8. The van der Waals surface area contributed by atoms with Gasteiger partial charge in [0.2, 0.25) is 5.91 Å². The van der Waals surface area contributed by atoms with Crippen LogP contribution in [0.4, 0.5) is 16.2 Å². The number of carbonyl (C=O) groups is 2. The second-order valence-electron chi connectivity index (χ2n) is 7.65. The summed E-state index contributed by atoms with van der Waals surface area (Å²) < 4.78 is 33.6. The topological polar surface area (TPSA) is 102 Å². The highest BCUT2D eigenvalue weighted by Crippen LogP contribution is 2.30. The number of halogens is 1. The molecule has 0 unspecified atom stereocenters. The Morgan fingerprint density at radius 1 is 1.00 bits per heavy atom. The third-order valence-electron chi connectivity index (χ3n) is 5.73. The molecule has 1 N–H and O–H groups in total. The first-order valence-corrected chi connectivity index (χ1v) is 12.1. The first-order chi connectivity index (χ1) is 14.9. The summed E-state index contributed by atoms with van der Waals surface area (Å²) in [6.07, 6.45) is 1.32. The Morgan fingerprint density at radius 2 is 1.68 bits per heavy atom. The molecule has 0 atom stereocenters. The fourth-order valence-corrected chi connectivity index (χ4v) is 5.68. The number of nitrogens with zero attached hydrogens (tertiary/aromatic N) is 4. The third-order valence-corrected chi connectivity index (χ3v) is 8.09. The van der Waals surface area contributed by atoms with Crippen LogP contribution in [0.2, 0.25) is 5.02 Å². The number of urea groups is 1. The second-order valence-corrected chi connectivity index (χ2v) is 9.98. The lowest BCUT2D eigenvalue weighted by molar-refractivity contribution is -0.117. The minimum absolute atomic E-state index is 0.0530. The number of anilines is 2. The number of amides is 3. The molecule has 0 aliphatic carbocycles. The number of nitrogens with one attached hydrogen (secondary N) is 1. The number of morpholine rings is 1. The van der Waals surface area contributed by atoms with Gasteiger partial charge < -0.3 is 19.9 Å². The van der Waals surface area contributed by atoms with Crippen molar-refractivity contribution in [2.24, 2.45) is 0 Å². The van der Waals surface area contributed by atoms with Gasteiger partial charge in [0.05, 0.1) is 23.9 Å². The van der Waals surface area contributed by atoms with E-state index in [1.807, 2.05) is 0 Å². The fraction of sp³-hybridized carbons (Fsp3) is 0.579. The van der Waals surface area contributed by atoms with Crippen molar-refractivity contribution in [2.75, 3.05) is 69.2 Å². The van der Waals surface area contributed by atoms with Crippen LogP contribution in [0.25, 0.3) is 0 Å². The quantitative estimate of drug-likeness (QED) is 0.710. The van der Waals surface area contributed by atoms with Crippen LogP contribution in [-0.4, -0.2) is 92.9 Å². The highest BCUT2D eigenvalue weighted by molar-refractivity contribution is 7.86. The van der Waals surface area contributed by atoms with E-state index in [1.54, 1.807) is 28.0 Å². The van der Waals surface area contributed by atoms with E-state index >= 15 is 0 Å². The molecule has 1 aromatic rings. The number of rotatable bonds is 4. The van der Waals surface area contributed by atoms with Gasteiger partial charge in [-0.1, -0.05) is 11.6 Å². The van der Waals surface area contributed by atoms with Crippen LogP contribution in [0, 0.1) is 0 Å². The van der Waals surface area contributed by atoms with Crippen LogP contribution in [0.3, 0.4) is 0 Å². The zero-order valence-corrected chi connectivity index (χ0v) is 18.7. The summed E-state index contributed by atoms with van der Waals surface area (Å²) in [5, 5.41) is 3.17. The Kier molecular flexibility index (Phi) is 6.68. The van der Waals surface area contributed by atoms with E-state index in [4.69, 9.17) is 16.3 Å². The predicted molar refractivity (Wildman–Crippen MR) is 117 cm³/mol. The third kappa shape index (κ3) is 4.80. The van der Waals surface area contributed by atoms with Crippen LogP contribution in [-0.2, 0) is 19.7 Å². The number of piperazine rings is 1. The minimum atomic E-state index is -3.55. The Morgan fingerprint density at radius 3 is 2.32 bits per heavy atom. The van der Waals surface area contributed by atoms with Crippen molar-refractivity contribution < 1.29 is 22.7 Å². The van der Waals surface area contributed by atoms with E-state index in [0.717, 1.165) is 6.42 Å². The molecule has 3 heterocycles. The summed E-state index contributed by atoms with van der Waals surface area (Å²) in [5.74, 6) is 0.0530. The smallest absolute Gasteiger partial charge is 0.321 e. The van der Waals surface area contributed by atoms with Gasteiger partial charge in [-0.05, 0) is 24.6 Å². The maximum Gasteiger partial charge on any atom is 0.321 e. The summed E-state index contributed by atoms with van der Waals surface area (Å²) in [5.41, 5.74) is 1.12. The van der Waals surface area contributed by atoms with Crippen LogP contribution >= 0.6 is 11.6 Å². The Bertz CT molecular complexity index is 945. The molecule has 3 fully saturated rings. The summed E-state index contributed by atoms with van der Waals surface area (Å²) in [7, 11) is -3.55. The summed E-state index contributed by atoms with van der Waals surface area (Å²) in [4.78, 5) is 28.0. The van der Waals surface area contributed by atoms with Crippen molar-refractivity contribution in [2.45, 2.75) is 12.8 Å². The molecule has 10 nitrogen and oxygen atoms in total. The molecule has 3 aliphatic rings. The molecule has 170 valence electrons. The van der Waals surface area contributed by atoms with E-state index in [1.165, 1.54) is 8.61 Å². The molecule has 12 heteroatoms. The number of hydrogen-bond acceptors (Lipinski definition) is 5. The molecule has 0 bridgehead atoms. The minimum Gasteiger partial charge on any atom is -0.379 e. The van der Waals surface area contributed by atoms with Crippen molar-refractivity contribution >= 4 is 45.1 Å².